The average molecular weight is 491 g/mol. The van der Waals surface area contributed by atoms with Crippen LogP contribution >= 0.6 is 0 Å². The van der Waals surface area contributed by atoms with E-state index in [0.29, 0.717) is 13.0 Å². The molecule has 0 radical (unpaired) electrons. The second-order valence-electron chi connectivity index (χ2n) is 8.60. The molecule has 0 spiro atoms. The summed E-state index contributed by atoms with van der Waals surface area (Å²) in [6, 6.07) is 13.1. The number of benzene rings is 1. The molecule has 10 heteroatoms. The first-order valence-electron chi connectivity index (χ1n) is 11.2. The van der Waals surface area contributed by atoms with Crippen molar-refractivity contribution in [2.45, 2.75) is 33.2 Å². The van der Waals surface area contributed by atoms with E-state index in [2.05, 4.69) is 5.43 Å². The lowest BCUT2D eigenvalue weighted by Crippen LogP contribution is -2.51. The van der Waals surface area contributed by atoms with Gasteiger partial charge in [-0.2, -0.15) is 0 Å². The van der Waals surface area contributed by atoms with E-state index in [4.69, 9.17) is 0 Å². The van der Waals surface area contributed by atoms with Gasteiger partial charge in [0.1, 0.15) is 0 Å². The highest BCUT2D eigenvalue weighted by Gasteiger charge is 2.35. The summed E-state index contributed by atoms with van der Waals surface area (Å²) >= 11 is 0. The molecule has 2 amide bonds. The maximum absolute atomic E-state index is 13.3. The van der Waals surface area contributed by atoms with E-state index < -0.39 is 33.7 Å². The quantitative estimate of drug-likeness (QED) is 0.294. The first-order chi connectivity index (χ1) is 16.1. The van der Waals surface area contributed by atoms with Crippen LogP contribution in [0.15, 0.2) is 60.9 Å². The molecule has 0 aliphatic heterocycles. The van der Waals surface area contributed by atoms with E-state index >= 15 is 0 Å². The fourth-order valence-corrected chi connectivity index (χ4v) is 4.32. The van der Waals surface area contributed by atoms with E-state index in [1.807, 2.05) is 62.4 Å². The Morgan fingerprint density at radius 1 is 1.06 bits per heavy atom. The average Bonchev–Trinajstić information content (AvgIpc) is 3.31. The van der Waals surface area contributed by atoms with E-state index in [1.54, 1.807) is 28.5 Å². The Labute approximate surface area is 201 Å². The van der Waals surface area contributed by atoms with Gasteiger partial charge < -0.3 is 4.57 Å². The minimum atomic E-state index is -3.76. The Morgan fingerprint density at radius 3 is 2.26 bits per heavy atom. The van der Waals surface area contributed by atoms with Crippen LogP contribution < -0.4 is 10.9 Å². The Hall–Kier alpha value is -2.95. The van der Waals surface area contributed by atoms with Gasteiger partial charge in [0.05, 0.1) is 24.6 Å². The lowest BCUT2D eigenvalue weighted by molar-refractivity contribution is -0.141. The number of amides is 2. The highest BCUT2D eigenvalue weighted by atomic mass is 32.2. The Bertz CT molecular complexity index is 1040. The van der Waals surface area contributed by atoms with Gasteiger partial charge in [0.15, 0.2) is 0 Å². The van der Waals surface area contributed by atoms with Gasteiger partial charge in [-0.15, -0.1) is 4.41 Å². The van der Waals surface area contributed by atoms with Crippen molar-refractivity contribution in [1.29, 1.82) is 0 Å². The van der Waals surface area contributed by atoms with Gasteiger partial charge >= 0.3 is 0 Å². The fourth-order valence-electron chi connectivity index (χ4n) is 3.65. The molecule has 2 aromatic rings. The number of carbonyl (C=O) groups is 2. The number of hydrazine groups is 1. The number of hydrogen-bond donors (Lipinski definition) is 3. The SMILES string of the molecule is CC(C)C[C@@H](C(=O)NN(CCn1cccc1)S(C)(=O)=O)[C@H](CC=Cc1ccccc1)C(=O)NO. The molecule has 1 aromatic carbocycles. The van der Waals surface area contributed by atoms with Gasteiger partial charge in [-0.25, -0.2) is 13.9 Å². The van der Waals surface area contributed by atoms with Crippen molar-refractivity contribution in [3.05, 3.63) is 66.5 Å². The molecule has 2 rings (SSSR count). The molecule has 9 nitrogen and oxygen atoms in total. The van der Waals surface area contributed by atoms with Crippen LogP contribution in [0.3, 0.4) is 0 Å². The van der Waals surface area contributed by atoms with Gasteiger partial charge in [-0.3, -0.25) is 20.2 Å². The minimum absolute atomic E-state index is 0.0262. The Balaban J connectivity index is 2.22. The van der Waals surface area contributed by atoms with Crippen molar-refractivity contribution >= 4 is 27.9 Å². The predicted molar refractivity (Wildman–Crippen MR) is 131 cm³/mol. The van der Waals surface area contributed by atoms with Crippen LogP contribution in [0, 0.1) is 17.8 Å². The molecule has 0 aliphatic carbocycles. The molecular formula is C24H34N4O5S. The maximum atomic E-state index is 13.3. The number of sulfonamides is 1. The third-order valence-electron chi connectivity index (χ3n) is 5.36. The summed E-state index contributed by atoms with van der Waals surface area (Å²) in [6.45, 7) is 4.19. The number of nitrogens with one attached hydrogen (secondary N) is 2. The first kappa shape index (κ1) is 27.3. The molecule has 34 heavy (non-hydrogen) atoms. The van der Waals surface area contributed by atoms with E-state index in [0.717, 1.165) is 16.2 Å². The van der Waals surface area contributed by atoms with Crippen LogP contribution in [0.1, 0.15) is 32.3 Å². The zero-order valence-corrected chi connectivity index (χ0v) is 20.6. The third kappa shape index (κ3) is 8.77. The zero-order valence-electron chi connectivity index (χ0n) is 19.8. The molecule has 2 atom stereocenters. The van der Waals surface area contributed by atoms with Gasteiger partial charge in [0, 0.05) is 18.9 Å². The molecule has 0 saturated carbocycles. The molecule has 3 N–H and O–H groups in total. The summed E-state index contributed by atoms with van der Waals surface area (Å²) in [5, 5.41) is 9.32. The molecule has 1 heterocycles. The molecule has 0 aliphatic rings. The van der Waals surface area contributed by atoms with Crippen molar-refractivity contribution in [1.82, 2.24) is 19.9 Å². The summed E-state index contributed by atoms with van der Waals surface area (Å²) in [7, 11) is -3.76. The van der Waals surface area contributed by atoms with E-state index in [9.17, 15) is 23.2 Å². The monoisotopic (exact) mass is 490 g/mol. The molecule has 0 saturated heterocycles. The first-order valence-corrected chi connectivity index (χ1v) is 13.0. The van der Waals surface area contributed by atoms with Crippen LogP contribution in [0.4, 0.5) is 0 Å². The largest absolute Gasteiger partial charge is 0.353 e. The second kappa shape index (κ2) is 13.1. The van der Waals surface area contributed by atoms with Gasteiger partial charge in [0.25, 0.3) is 0 Å². The normalized spacial score (nSPS) is 13.8. The Kier molecular flexibility index (Phi) is 10.5. The van der Waals surface area contributed by atoms with Crippen LogP contribution in [0.2, 0.25) is 0 Å². The number of carbonyl (C=O) groups excluding carboxylic acids is 2. The standard InChI is InChI=1S/C24H34N4O5S/c1-19(2)18-22(21(24(30)26-31)13-9-12-20-10-5-4-6-11-20)23(29)25-28(34(3,32)33)17-16-27-14-7-8-15-27/h4-12,14-15,19,21-22,31H,13,16-18H2,1-3H3,(H,25,29)(H,26,30)/t21-,22+/m0/s1. The summed E-state index contributed by atoms with van der Waals surface area (Å²) in [5.41, 5.74) is 5.10. The molecular weight excluding hydrogens is 456 g/mol. The third-order valence-corrected chi connectivity index (χ3v) is 6.43. The summed E-state index contributed by atoms with van der Waals surface area (Å²) < 4.78 is 27.4. The topological polar surface area (TPSA) is 121 Å². The molecule has 0 unspecified atom stereocenters. The summed E-state index contributed by atoms with van der Waals surface area (Å²) in [5.74, 6) is -2.99. The van der Waals surface area contributed by atoms with E-state index in [1.165, 1.54) is 0 Å². The van der Waals surface area contributed by atoms with E-state index in [-0.39, 0.29) is 18.9 Å². The van der Waals surface area contributed by atoms with Crippen molar-refractivity contribution in [3.8, 4) is 0 Å². The summed E-state index contributed by atoms with van der Waals surface area (Å²) in [4.78, 5) is 25.8. The van der Waals surface area contributed by atoms with Crippen molar-refractivity contribution in [2.24, 2.45) is 17.8 Å². The number of aromatic nitrogens is 1. The number of nitrogens with zero attached hydrogens (tertiary/aromatic N) is 2. The molecule has 186 valence electrons. The number of rotatable bonds is 13. The predicted octanol–water partition coefficient (Wildman–Crippen LogP) is 2.67. The zero-order chi connectivity index (χ0) is 25.1. The van der Waals surface area contributed by atoms with Crippen LogP contribution in [0.5, 0.6) is 0 Å². The number of hydroxylamine groups is 1. The second-order valence-corrected chi connectivity index (χ2v) is 10.5. The molecule has 0 fully saturated rings. The Morgan fingerprint density at radius 2 is 1.71 bits per heavy atom. The highest BCUT2D eigenvalue weighted by Crippen LogP contribution is 2.25. The molecule has 0 bridgehead atoms. The smallest absolute Gasteiger partial charge is 0.247 e. The van der Waals surface area contributed by atoms with Crippen LogP contribution in [0.25, 0.3) is 6.08 Å². The lowest BCUT2D eigenvalue weighted by Gasteiger charge is -2.28. The number of hydrogen-bond acceptors (Lipinski definition) is 5. The number of allylic oxidation sites excluding steroid dienone is 1. The van der Waals surface area contributed by atoms with Gasteiger partial charge in [-0.1, -0.05) is 56.3 Å². The van der Waals surface area contributed by atoms with Gasteiger partial charge in [0.2, 0.25) is 21.8 Å². The fraction of sp³-hybridized carbons (Fsp3) is 0.417. The van der Waals surface area contributed by atoms with Crippen LogP contribution in [-0.4, -0.2) is 47.2 Å². The highest BCUT2D eigenvalue weighted by molar-refractivity contribution is 7.88. The minimum Gasteiger partial charge on any atom is -0.353 e. The van der Waals surface area contributed by atoms with Crippen molar-refractivity contribution in [3.63, 3.8) is 0 Å². The van der Waals surface area contributed by atoms with Crippen LogP contribution in [-0.2, 0) is 26.2 Å². The summed E-state index contributed by atoms with van der Waals surface area (Å²) in [6.07, 6.45) is 8.74. The van der Waals surface area contributed by atoms with Crippen molar-refractivity contribution in [2.75, 3.05) is 12.8 Å². The lowest BCUT2D eigenvalue weighted by atomic mass is 9.82. The molecule has 1 aromatic heterocycles. The maximum Gasteiger partial charge on any atom is 0.247 e. The van der Waals surface area contributed by atoms with Gasteiger partial charge in [-0.05, 0) is 36.5 Å². The van der Waals surface area contributed by atoms with Crippen molar-refractivity contribution < 1.29 is 23.2 Å².